The predicted molar refractivity (Wildman–Crippen MR) is 42.5 cm³/mol. The number of aliphatic hydroxyl groups excluding tert-OH is 1. The molecule has 0 aromatic heterocycles. The van der Waals surface area contributed by atoms with Crippen LogP contribution < -0.4 is 0 Å². The fourth-order valence-corrected chi connectivity index (χ4v) is 0. The molecule has 0 bridgehead atoms. The summed E-state index contributed by atoms with van der Waals surface area (Å²) in [6.07, 6.45) is -1.23. The Morgan fingerprint density at radius 3 is 1.50 bits per heavy atom. The first-order chi connectivity index (χ1) is 2.64. The van der Waals surface area contributed by atoms with Crippen LogP contribution in [0.2, 0.25) is 0 Å². The topological polar surface area (TPSA) is 121 Å². The van der Waals surface area contributed by atoms with Crippen LogP contribution in [0.4, 0.5) is 0 Å². The van der Waals surface area contributed by atoms with Gasteiger partial charge >= 0.3 is 81.4 Å². The predicted octanol–water partition coefficient (Wildman–Crippen LogP) is -2.51. The SMILES string of the molecule is CC(O)C(=O)O.O.O.[Ca+2].[Ca+2].[H-].[H-].[H-].[H-]. The third kappa shape index (κ3) is 22.5. The number of carbonyl (C=O) groups is 1. The second kappa shape index (κ2) is 17.1. The summed E-state index contributed by atoms with van der Waals surface area (Å²) in [5.41, 5.74) is 0. The summed E-state index contributed by atoms with van der Waals surface area (Å²) >= 11 is 0. The van der Waals surface area contributed by atoms with Crippen LogP contribution >= 0.6 is 0 Å². The Hall–Kier alpha value is 1.87. The Kier molecular flexibility index (Phi) is 50.8. The van der Waals surface area contributed by atoms with Gasteiger partial charge in [-0.25, -0.2) is 4.79 Å². The first kappa shape index (κ1) is 29.7. The molecule has 0 aliphatic rings. The van der Waals surface area contributed by atoms with E-state index in [1.54, 1.807) is 0 Å². The van der Waals surface area contributed by atoms with Gasteiger partial charge in [0.25, 0.3) is 0 Å². The number of hydrogen-bond donors (Lipinski definition) is 2. The van der Waals surface area contributed by atoms with Gasteiger partial charge in [0.15, 0.2) is 0 Å². The van der Waals surface area contributed by atoms with E-state index in [1.165, 1.54) is 6.92 Å². The molecule has 0 spiro atoms. The Morgan fingerprint density at radius 1 is 1.40 bits per heavy atom. The average Bonchev–Trinajstić information content (AvgIpc) is 1.36. The molecule has 1 atom stereocenters. The molecule has 0 rings (SSSR count). The fraction of sp³-hybridized carbons (Fsp3) is 0.667. The second-order valence-corrected chi connectivity index (χ2v) is 1.01. The summed E-state index contributed by atoms with van der Waals surface area (Å²) in [6.45, 7) is 1.20. The van der Waals surface area contributed by atoms with E-state index >= 15 is 0 Å². The molecule has 0 radical (unpaired) electrons. The van der Waals surface area contributed by atoms with E-state index in [1.807, 2.05) is 0 Å². The third-order valence-corrected chi connectivity index (χ3v) is 0.357. The van der Waals surface area contributed by atoms with Crippen LogP contribution in [-0.2, 0) is 4.79 Å². The summed E-state index contributed by atoms with van der Waals surface area (Å²) in [5.74, 6) is -1.19. The Bertz CT molecular complexity index is 78.0. The molecule has 0 heterocycles. The van der Waals surface area contributed by atoms with Gasteiger partial charge in [-0.3, -0.25) is 0 Å². The van der Waals surface area contributed by atoms with Crippen molar-refractivity contribution in [3.8, 4) is 0 Å². The van der Waals surface area contributed by atoms with Gasteiger partial charge in [0.2, 0.25) is 0 Å². The van der Waals surface area contributed by atoms with E-state index < -0.39 is 12.1 Å². The number of carboxylic acid groups (broad SMARTS) is 1. The molecule has 0 saturated heterocycles. The molecule has 6 N–H and O–H groups in total. The summed E-state index contributed by atoms with van der Waals surface area (Å²) < 4.78 is 0. The van der Waals surface area contributed by atoms with Crippen molar-refractivity contribution in [1.82, 2.24) is 0 Å². The normalized spacial score (nSPS) is 8.20. The monoisotopic (exact) mass is 210 g/mol. The zero-order valence-electron chi connectivity index (χ0n) is 9.79. The maximum absolute atomic E-state index is 9.45. The number of rotatable bonds is 1. The minimum absolute atomic E-state index is 0. The van der Waals surface area contributed by atoms with Crippen LogP contribution in [0.5, 0.6) is 0 Å². The molecule has 0 aromatic rings. The van der Waals surface area contributed by atoms with Gasteiger partial charge in [-0.15, -0.1) is 0 Å². The van der Waals surface area contributed by atoms with Gasteiger partial charge in [-0.05, 0) is 6.92 Å². The van der Waals surface area contributed by atoms with Crippen molar-refractivity contribution in [1.29, 1.82) is 0 Å². The Balaban J connectivity index is -0.00000000446. The van der Waals surface area contributed by atoms with Crippen molar-refractivity contribution in [2.24, 2.45) is 0 Å². The molecule has 1 unspecified atom stereocenters. The second-order valence-electron chi connectivity index (χ2n) is 1.01. The van der Waals surface area contributed by atoms with Crippen molar-refractivity contribution in [3.63, 3.8) is 0 Å². The van der Waals surface area contributed by atoms with Crippen molar-refractivity contribution in [3.05, 3.63) is 0 Å². The molecular formula is C3H14Ca2O5. The third-order valence-electron chi connectivity index (χ3n) is 0.357. The maximum atomic E-state index is 9.45. The molecule has 0 aromatic carbocycles. The number of aliphatic carboxylic acids is 1. The minimum atomic E-state index is -1.23. The first-order valence-electron chi connectivity index (χ1n) is 1.55. The minimum Gasteiger partial charge on any atom is -1.00 e. The van der Waals surface area contributed by atoms with Crippen molar-refractivity contribution >= 4 is 81.4 Å². The number of hydrogen-bond acceptors (Lipinski definition) is 2. The van der Waals surface area contributed by atoms with Gasteiger partial charge < -0.3 is 26.9 Å². The van der Waals surface area contributed by atoms with E-state index in [0.717, 1.165) is 0 Å². The summed E-state index contributed by atoms with van der Waals surface area (Å²) in [7, 11) is 0. The van der Waals surface area contributed by atoms with Crippen LogP contribution in [0.1, 0.15) is 12.6 Å². The molecule has 0 saturated carbocycles. The smallest absolute Gasteiger partial charge is 1.00 e. The van der Waals surface area contributed by atoms with E-state index in [-0.39, 0.29) is 92.1 Å². The number of carboxylic acids is 1. The summed E-state index contributed by atoms with van der Waals surface area (Å²) in [6, 6.07) is 0. The first-order valence-corrected chi connectivity index (χ1v) is 1.55. The Labute approximate surface area is 124 Å². The quantitative estimate of drug-likeness (QED) is 0.465. The molecule has 60 valence electrons. The van der Waals surface area contributed by atoms with Crippen LogP contribution in [0.25, 0.3) is 0 Å². The molecular weight excluding hydrogens is 196 g/mol. The fourth-order valence-electron chi connectivity index (χ4n) is 0. The summed E-state index contributed by atoms with van der Waals surface area (Å²) in [4.78, 5) is 9.45. The van der Waals surface area contributed by atoms with Gasteiger partial charge in [0, 0.05) is 0 Å². The molecule has 0 aliphatic heterocycles. The van der Waals surface area contributed by atoms with Crippen molar-refractivity contribution in [2.75, 3.05) is 0 Å². The van der Waals surface area contributed by atoms with Crippen LogP contribution in [0.3, 0.4) is 0 Å². The van der Waals surface area contributed by atoms with Gasteiger partial charge in [0.05, 0.1) is 0 Å². The largest absolute Gasteiger partial charge is 2.00 e. The van der Waals surface area contributed by atoms with Crippen LogP contribution in [0, 0.1) is 0 Å². The molecule has 10 heavy (non-hydrogen) atoms. The Morgan fingerprint density at radius 2 is 1.50 bits per heavy atom. The zero-order valence-corrected chi connectivity index (χ0v) is 10.2. The number of aliphatic hydroxyl groups is 1. The molecule has 0 amide bonds. The van der Waals surface area contributed by atoms with Crippen LogP contribution in [0.15, 0.2) is 0 Å². The average molecular weight is 210 g/mol. The maximum Gasteiger partial charge on any atom is 2.00 e. The van der Waals surface area contributed by atoms with E-state index in [2.05, 4.69) is 0 Å². The van der Waals surface area contributed by atoms with Gasteiger partial charge in [-0.1, -0.05) is 0 Å². The van der Waals surface area contributed by atoms with E-state index in [0.29, 0.717) is 0 Å². The summed E-state index contributed by atoms with van der Waals surface area (Å²) in [5, 5.41) is 15.8. The van der Waals surface area contributed by atoms with Gasteiger partial charge in [-0.2, -0.15) is 0 Å². The zero-order chi connectivity index (χ0) is 5.15. The van der Waals surface area contributed by atoms with E-state index in [4.69, 9.17) is 10.2 Å². The standard InChI is InChI=1S/C3H6O3.2Ca.2H2O.4H/c1-2(4)3(5)6;;;;;;;;/h2,4H,1H3,(H,5,6);;;2*1H2;;;;/q;2*+2;;;4*-1. The van der Waals surface area contributed by atoms with Gasteiger partial charge in [0.1, 0.15) is 6.10 Å². The molecule has 5 nitrogen and oxygen atoms in total. The molecule has 0 aliphatic carbocycles. The van der Waals surface area contributed by atoms with Crippen LogP contribution in [-0.4, -0.2) is 109 Å². The van der Waals surface area contributed by atoms with Crippen molar-refractivity contribution in [2.45, 2.75) is 13.0 Å². The van der Waals surface area contributed by atoms with E-state index in [9.17, 15) is 4.79 Å². The molecule has 0 fully saturated rings. The van der Waals surface area contributed by atoms with Crippen molar-refractivity contribution < 1.29 is 31.7 Å². The molecule has 7 heteroatoms.